The first kappa shape index (κ1) is 18.6. The topological polar surface area (TPSA) is 52.2 Å². The highest BCUT2D eigenvalue weighted by Crippen LogP contribution is 2.15. The summed E-state index contributed by atoms with van der Waals surface area (Å²) in [6, 6.07) is 8.12. The van der Waals surface area contributed by atoms with E-state index in [1.165, 1.54) is 43.5 Å². The number of nitrogens with one attached hydrogen (secondary N) is 1. The normalized spacial score (nSPS) is 15.2. The highest BCUT2D eigenvalue weighted by molar-refractivity contribution is 5.94. The fraction of sp³-hybridized carbons (Fsp3) is 0.524. The molecule has 2 aromatic rings. The summed E-state index contributed by atoms with van der Waals surface area (Å²) in [6.45, 7) is 8.09. The third-order valence-electron chi connectivity index (χ3n) is 5.38. The zero-order valence-corrected chi connectivity index (χ0v) is 16.2. The van der Waals surface area contributed by atoms with Crippen LogP contribution < -0.4 is 0 Å². The van der Waals surface area contributed by atoms with E-state index in [0.29, 0.717) is 6.54 Å². The van der Waals surface area contributed by atoms with Crippen LogP contribution in [0, 0.1) is 13.8 Å². The fourth-order valence-corrected chi connectivity index (χ4v) is 3.67. The average molecular weight is 354 g/mol. The van der Waals surface area contributed by atoms with Crippen LogP contribution in [0.25, 0.3) is 0 Å². The van der Waals surface area contributed by atoms with Gasteiger partial charge in [0, 0.05) is 31.4 Å². The largest absolute Gasteiger partial charge is 0.341 e. The zero-order valence-electron chi connectivity index (χ0n) is 16.2. The molecule has 1 aromatic heterocycles. The van der Waals surface area contributed by atoms with Crippen LogP contribution in [0.5, 0.6) is 0 Å². The van der Waals surface area contributed by atoms with Crippen LogP contribution >= 0.6 is 0 Å². The molecule has 0 aliphatic carbocycles. The minimum absolute atomic E-state index is 0.0772. The monoisotopic (exact) mass is 354 g/mol. The number of aryl methyl sites for hydroxylation is 2. The number of likely N-dealkylation sites (tertiary alicyclic amines) is 1. The highest BCUT2D eigenvalue weighted by atomic mass is 16.2. The van der Waals surface area contributed by atoms with Crippen molar-refractivity contribution in [2.24, 2.45) is 0 Å². The quantitative estimate of drug-likeness (QED) is 0.866. The molecule has 1 N–H and O–H groups in total. The number of hydrogen-bond acceptors (Lipinski definition) is 3. The van der Waals surface area contributed by atoms with Crippen molar-refractivity contribution in [1.29, 1.82) is 0 Å². The lowest BCUT2D eigenvalue weighted by Crippen LogP contribution is -2.30. The molecule has 1 aromatic carbocycles. The van der Waals surface area contributed by atoms with Gasteiger partial charge in [-0.3, -0.25) is 14.8 Å². The number of aromatic amines is 1. The molecule has 0 spiro atoms. The van der Waals surface area contributed by atoms with Crippen molar-refractivity contribution in [1.82, 2.24) is 20.0 Å². The van der Waals surface area contributed by atoms with Crippen molar-refractivity contribution < 1.29 is 4.79 Å². The molecule has 1 saturated heterocycles. The van der Waals surface area contributed by atoms with Gasteiger partial charge in [0.15, 0.2) is 0 Å². The van der Waals surface area contributed by atoms with Crippen LogP contribution in [0.3, 0.4) is 0 Å². The third-order valence-corrected chi connectivity index (χ3v) is 5.38. The average Bonchev–Trinajstić information content (AvgIpc) is 2.98. The Hall–Kier alpha value is -2.14. The summed E-state index contributed by atoms with van der Waals surface area (Å²) < 4.78 is 0. The van der Waals surface area contributed by atoms with E-state index in [9.17, 15) is 4.79 Å². The number of benzene rings is 1. The van der Waals surface area contributed by atoms with Crippen LogP contribution in [0.1, 0.15) is 52.1 Å². The molecule has 0 bridgehead atoms. The van der Waals surface area contributed by atoms with Crippen LogP contribution in [-0.2, 0) is 13.0 Å². The van der Waals surface area contributed by atoms with E-state index < -0.39 is 0 Å². The van der Waals surface area contributed by atoms with Crippen molar-refractivity contribution in [3.8, 4) is 0 Å². The Bertz CT molecular complexity index is 709. The second-order valence-corrected chi connectivity index (χ2v) is 7.42. The summed E-state index contributed by atoms with van der Waals surface area (Å²) in [4.78, 5) is 17.0. The summed E-state index contributed by atoms with van der Waals surface area (Å²) in [5, 5.41) is 7.23. The Morgan fingerprint density at radius 1 is 1.15 bits per heavy atom. The Labute approximate surface area is 156 Å². The molecular weight excluding hydrogens is 324 g/mol. The van der Waals surface area contributed by atoms with E-state index >= 15 is 0 Å². The molecule has 3 rings (SSSR count). The minimum Gasteiger partial charge on any atom is -0.341 e. The van der Waals surface area contributed by atoms with Gasteiger partial charge in [-0.05, 0) is 69.5 Å². The summed E-state index contributed by atoms with van der Waals surface area (Å²) >= 11 is 0. The number of carbonyl (C=O) groups is 1. The molecule has 1 amide bonds. The first-order valence-corrected chi connectivity index (χ1v) is 9.62. The smallest absolute Gasteiger partial charge is 0.253 e. The van der Waals surface area contributed by atoms with Crippen molar-refractivity contribution >= 4 is 5.91 Å². The second kappa shape index (κ2) is 8.49. The second-order valence-electron chi connectivity index (χ2n) is 7.42. The number of H-pyrrole nitrogens is 1. The molecule has 140 valence electrons. The standard InChI is InChI=1S/C21H30N4O/c1-16-20(17(2)23-22-16)11-14-24(3)21(26)19-9-7-18(8-10-19)15-25-12-5-4-6-13-25/h7-10H,4-6,11-15H2,1-3H3,(H,22,23). The van der Waals surface area contributed by atoms with E-state index in [4.69, 9.17) is 0 Å². The molecule has 0 radical (unpaired) electrons. The number of aromatic nitrogens is 2. The number of carbonyl (C=O) groups excluding carboxylic acids is 1. The van der Waals surface area contributed by atoms with E-state index in [2.05, 4.69) is 27.2 Å². The summed E-state index contributed by atoms with van der Waals surface area (Å²) in [7, 11) is 1.87. The lowest BCUT2D eigenvalue weighted by atomic mass is 10.1. The van der Waals surface area contributed by atoms with Gasteiger partial charge < -0.3 is 4.90 Å². The fourth-order valence-electron chi connectivity index (χ4n) is 3.67. The van der Waals surface area contributed by atoms with Gasteiger partial charge in [-0.2, -0.15) is 5.10 Å². The molecule has 5 heteroatoms. The maximum atomic E-state index is 12.7. The Morgan fingerprint density at radius 2 is 1.85 bits per heavy atom. The first-order chi connectivity index (χ1) is 12.5. The van der Waals surface area contributed by atoms with E-state index in [0.717, 1.165) is 29.9 Å². The SMILES string of the molecule is Cc1n[nH]c(C)c1CCN(C)C(=O)c1ccc(CN2CCCCC2)cc1. The Balaban J connectivity index is 1.55. The number of hydrogen-bond donors (Lipinski definition) is 1. The molecule has 26 heavy (non-hydrogen) atoms. The molecule has 1 fully saturated rings. The highest BCUT2D eigenvalue weighted by Gasteiger charge is 2.15. The predicted octanol–water partition coefficient (Wildman–Crippen LogP) is 3.33. The first-order valence-electron chi connectivity index (χ1n) is 9.62. The summed E-state index contributed by atoms with van der Waals surface area (Å²) in [5.74, 6) is 0.0772. The van der Waals surface area contributed by atoms with Gasteiger partial charge in [-0.15, -0.1) is 0 Å². The van der Waals surface area contributed by atoms with E-state index in [1.54, 1.807) is 4.90 Å². The molecular formula is C21H30N4O. The summed E-state index contributed by atoms with van der Waals surface area (Å²) in [5.41, 5.74) is 5.36. The van der Waals surface area contributed by atoms with Gasteiger partial charge in [0.05, 0.1) is 5.69 Å². The molecule has 1 aliphatic heterocycles. The van der Waals surface area contributed by atoms with E-state index in [-0.39, 0.29) is 5.91 Å². The predicted molar refractivity (Wildman–Crippen MR) is 104 cm³/mol. The molecule has 5 nitrogen and oxygen atoms in total. The van der Waals surface area contributed by atoms with Crippen LogP contribution in [0.15, 0.2) is 24.3 Å². The van der Waals surface area contributed by atoms with Crippen LogP contribution in [-0.4, -0.2) is 52.6 Å². The Kier molecular flexibility index (Phi) is 6.09. The number of amides is 1. The van der Waals surface area contributed by atoms with Gasteiger partial charge in [0.2, 0.25) is 0 Å². The minimum atomic E-state index is 0.0772. The van der Waals surface area contributed by atoms with Gasteiger partial charge in [0.1, 0.15) is 0 Å². The van der Waals surface area contributed by atoms with Gasteiger partial charge in [0.25, 0.3) is 5.91 Å². The van der Waals surface area contributed by atoms with Gasteiger partial charge in [-0.1, -0.05) is 18.6 Å². The van der Waals surface area contributed by atoms with Crippen molar-refractivity contribution in [3.63, 3.8) is 0 Å². The molecule has 2 heterocycles. The lowest BCUT2D eigenvalue weighted by Gasteiger charge is -2.26. The maximum Gasteiger partial charge on any atom is 0.253 e. The van der Waals surface area contributed by atoms with Crippen LogP contribution in [0.2, 0.25) is 0 Å². The van der Waals surface area contributed by atoms with Crippen molar-refractivity contribution in [2.45, 2.75) is 46.1 Å². The molecule has 0 atom stereocenters. The maximum absolute atomic E-state index is 12.7. The van der Waals surface area contributed by atoms with Gasteiger partial charge >= 0.3 is 0 Å². The Morgan fingerprint density at radius 3 is 2.46 bits per heavy atom. The zero-order chi connectivity index (χ0) is 18.5. The summed E-state index contributed by atoms with van der Waals surface area (Å²) in [6.07, 6.45) is 4.78. The van der Waals surface area contributed by atoms with Crippen molar-refractivity contribution in [3.05, 3.63) is 52.3 Å². The van der Waals surface area contributed by atoms with E-state index in [1.807, 2.05) is 33.0 Å². The van der Waals surface area contributed by atoms with Gasteiger partial charge in [-0.25, -0.2) is 0 Å². The number of likely N-dealkylation sites (N-methyl/N-ethyl adjacent to an activating group) is 1. The molecule has 0 unspecified atom stereocenters. The lowest BCUT2D eigenvalue weighted by molar-refractivity contribution is 0.0796. The van der Waals surface area contributed by atoms with Crippen LogP contribution in [0.4, 0.5) is 0 Å². The third kappa shape index (κ3) is 4.52. The van der Waals surface area contributed by atoms with Crippen molar-refractivity contribution in [2.75, 3.05) is 26.7 Å². The number of piperidine rings is 1. The molecule has 1 aliphatic rings. The number of rotatable bonds is 6. The number of nitrogens with zero attached hydrogens (tertiary/aromatic N) is 3. The molecule has 0 saturated carbocycles.